The SMILES string of the molecule is CC(C)(C)C(N)CS(=O)c1ccccc1Br. The minimum atomic E-state index is -1.04. The summed E-state index contributed by atoms with van der Waals surface area (Å²) in [5.41, 5.74) is 6.01. The average molecular weight is 304 g/mol. The second-order valence-electron chi connectivity index (χ2n) is 4.92. The molecule has 2 N–H and O–H groups in total. The Morgan fingerprint density at radius 2 is 1.94 bits per heavy atom. The summed E-state index contributed by atoms with van der Waals surface area (Å²) in [4.78, 5) is 0.821. The molecule has 2 atom stereocenters. The molecule has 90 valence electrons. The van der Waals surface area contributed by atoms with Crippen LogP contribution in [0.5, 0.6) is 0 Å². The minimum Gasteiger partial charge on any atom is -0.326 e. The van der Waals surface area contributed by atoms with Crippen LogP contribution in [0.3, 0.4) is 0 Å². The van der Waals surface area contributed by atoms with Gasteiger partial charge in [0.1, 0.15) is 0 Å². The maximum absolute atomic E-state index is 12.1. The lowest BCUT2D eigenvalue weighted by Gasteiger charge is -2.26. The van der Waals surface area contributed by atoms with Gasteiger partial charge in [0, 0.05) is 16.3 Å². The Bertz CT molecular complexity index is 387. The molecule has 16 heavy (non-hydrogen) atoms. The Morgan fingerprint density at radius 3 is 2.44 bits per heavy atom. The van der Waals surface area contributed by atoms with Crippen molar-refractivity contribution in [3.8, 4) is 0 Å². The van der Waals surface area contributed by atoms with Crippen LogP contribution in [0.1, 0.15) is 20.8 Å². The van der Waals surface area contributed by atoms with E-state index in [1.54, 1.807) is 0 Å². The van der Waals surface area contributed by atoms with E-state index in [9.17, 15) is 4.21 Å². The van der Waals surface area contributed by atoms with E-state index in [0.717, 1.165) is 9.37 Å². The fourth-order valence-electron chi connectivity index (χ4n) is 1.13. The molecule has 0 saturated carbocycles. The first kappa shape index (κ1) is 13.9. The fourth-order valence-corrected chi connectivity index (χ4v) is 3.48. The van der Waals surface area contributed by atoms with Crippen molar-refractivity contribution in [2.24, 2.45) is 11.1 Å². The molecule has 0 fully saturated rings. The van der Waals surface area contributed by atoms with Crippen LogP contribution in [0.25, 0.3) is 0 Å². The number of benzene rings is 1. The van der Waals surface area contributed by atoms with Gasteiger partial charge in [-0.15, -0.1) is 0 Å². The van der Waals surface area contributed by atoms with Gasteiger partial charge in [-0.3, -0.25) is 4.21 Å². The van der Waals surface area contributed by atoms with E-state index < -0.39 is 10.8 Å². The molecule has 0 saturated heterocycles. The highest BCUT2D eigenvalue weighted by molar-refractivity contribution is 9.10. The highest BCUT2D eigenvalue weighted by Crippen LogP contribution is 2.23. The Balaban J connectivity index is 2.78. The molecule has 0 radical (unpaired) electrons. The maximum Gasteiger partial charge on any atom is 0.0556 e. The number of halogens is 1. The molecule has 2 unspecified atom stereocenters. The Morgan fingerprint density at radius 1 is 1.38 bits per heavy atom. The molecule has 0 aliphatic heterocycles. The monoisotopic (exact) mass is 303 g/mol. The van der Waals surface area contributed by atoms with Crippen LogP contribution in [0, 0.1) is 5.41 Å². The molecule has 1 rings (SSSR count). The van der Waals surface area contributed by atoms with Gasteiger partial charge in [-0.1, -0.05) is 32.9 Å². The lowest BCUT2D eigenvalue weighted by molar-refractivity contribution is 0.342. The average Bonchev–Trinajstić information content (AvgIpc) is 2.16. The molecule has 0 aliphatic carbocycles. The zero-order valence-electron chi connectivity index (χ0n) is 9.87. The van der Waals surface area contributed by atoms with Crippen LogP contribution >= 0.6 is 15.9 Å². The van der Waals surface area contributed by atoms with Gasteiger partial charge in [-0.05, 0) is 33.5 Å². The van der Waals surface area contributed by atoms with Crippen molar-refractivity contribution in [1.82, 2.24) is 0 Å². The molecule has 0 aliphatic rings. The molecule has 1 aromatic carbocycles. The van der Waals surface area contributed by atoms with E-state index in [2.05, 4.69) is 36.7 Å². The van der Waals surface area contributed by atoms with Crippen molar-refractivity contribution in [3.05, 3.63) is 28.7 Å². The van der Waals surface area contributed by atoms with Gasteiger partial charge in [-0.25, -0.2) is 0 Å². The molecule has 1 aromatic rings. The largest absolute Gasteiger partial charge is 0.326 e. The summed E-state index contributed by atoms with van der Waals surface area (Å²) in [5.74, 6) is 0.492. The summed E-state index contributed by atoms with van der Waals surface area (Å²) in [6.07, 6.45) is 0. The number of hydrogen-bond donors (Lipinski definition) is 1. The second kappa shape index (κ2) is 5.43. The van der Waals surface area contributed by atoms with Crippen LogP contribution in [0.2, 0.25) is 0 Å². The van der Waals surface area contributed by atoms with Gasteiger partial charge in [-0.2, -0.15) is 0 Å². The van der Waals surface area contributed by atoms with E-state index >= 15 is 0 Å². The van der Waals surface area contributed by atoms with Gasteiger partial charge in [0.15, 0.2) is 0 Å². The first-order valence-electron chi connectivity index (χ1n) is 5.21. The quantitative estimate of drug-likeness (QED) is 0.933. The van der Waals surface area contributed by atoms with E-state index in [1.165, 1.54) is 0 Å². The third-order valence-corrected chi connectivity index (χ3v) is 4.99. The number of hydrogen-bond acceptors (Lipinski definition) is 2. The zero-order chi connectivity index (χ0) is 12.3. The molecule has 4 heteroatoms. The highest BCUT2D eigenvalue weighted by Gasteiger charge is 2.23. The summed E-state index contributed by atoms with van der Waals surface area (Å²) in [6.45, 7) is 6.19. The van der Waals surface area contributed by atoms with E-state index in [1.807, 2.05) is 24.3 Å². The first-order chi connectivity index (χ1) is 7.32. The predicted molar refractivity (Wildman–Crippen MR) is 72.8 cm³/mol. The third kappa shape index (κ3) is 3.68. The lowest BCUT2D eigenvalue weighted by atomic mass is 9.89. The predicted octanol–water partition coefficient (Wildman–Crippen LogP) is 2.93. The summed E-state index contributed by atoms with van der Waals surface area (Å²) >= 11 is 3.40. The van der Waals surface area contributed by atoms with Crippen LogP contribution < -0.4 is 5.73 Å². The van der Waals surface area contributed by atoms with Crippen LogP contribution in [0.15, 0.2) is 33.6 Å². The smallest absolute Gasteiger partial charge is 0.0556 e. The van der Waals surface area contributed by atoms with E-state index in [0.29, 0.717) is 5.75 Å². The molecule has 0 aromatic heterocycles. The van der Waals surface area contributed by atoms with Crippen molar-refractivity contribution >= 4 is 26.7 Å². The molecule has 0 heterocycles. The maximum atomic E-state index is 12.1. The van der Waals surface area contributed by atoms with Gasteiger partial charge in [0.2, 0.25) is 0 Å². The topological polar surface area (TPSA) is 43.1 Å². The molecule has 2 nitrogen and oxygen atoms in total. The van der Waals surface area contributed by atoms with Crippen molar-refractivity contribution in [2.75, 3.05) is 5.75 Å². The summed E-state index contributed by atoms with van der Waals surface area (Å²) in [6, 6.07) is 7.50. The second-order valence-corrected chi connectivity index (χ2v) is 7.23. The van der Waals surface area contributed by atoms with Gasteiger partial charge < -0.3 is 5.73 Å². The van der Waals surface area contributed by atoms with Crippen molar-refractivity contribution in [2.45, 2.75) is 31.7 Å². The zero-order valence-corrected chi connectivity index (χ0v) is 12.3. The molecule has 0 spiro atoms. The Labute approximate surface area is 108 Å². The number of nitrogens with two attached hydrogens (primary N) is 1. The van der Waals surface area contributed by atoms with Crippen molar-refractivity contribution < 1.29 is 4.21 Å². The number of rotatable bonds is 3. The molecular formula is C12H18BrNOS. The molecule has 0 amide bonds. The summed E-state index contributed by atoms with van der Waals surface area (Å²) in [7, 11) is -1.04. The first-order valence-corrected chi connectivity index (χ1v) is 7.32. The molecule has 0 bridgehead atoms. The summed E-state index contributed by atoms with van der Waals surface area (Å²) in [5, 5.41) is 0. The van der Waals surface area contributed by atoms with Crippen molar-refractivity contribution in [1.29, 1.82) is 0 Å². The van der Waals surface area contributed by atoms with Gasteiger partial charge >= 0.3 is 0 Å². The van der Waals surface area contributed by atoms with Crippen LogP contribution in [0.4, 0.5) is 0 Å². The van der Waals surface area contributed by atoms with Crippen molar-refractivity contribution in [3.63, 3.8) is 0 Å². The van der Waals surface area contributed by atoms with Crippen LogP contribution in [-0.2, 0) is 10.8 Å². The Kier molecular flexibility index (Phi) is 4.71. The van der Waals surface area contributed by atoms with Crippen LogP contribution in [-0.4, -0.2) is 16.0 Å². The molecular weight excluding hydrogens is 286 g/mol. The van der Waals surface area contributed by atoms with E-state index in [-0.39, 0.29) is 11.5 Å². The summed E-state index contributed by atoms with van der Waals surface area (Å²) < 4.78 is 13.0. The minimum absolute atomic E-state index is 0.0169. The van der Waals surface area contributed by atoms with Gasteiger partial charge in [0.05, 0.1) is 15.7 Å². The highest BCUT2D eigenvalue weighted by atomic mass is 79.9. The van der Waals surface area contributed by atoms with Gasteiger partial charge in [0.25, 0.3) is 0 Å². The normalized spacial score (nSPS) is 15.8. The Hall–Kier alpha value is -0.190. The standard InChI is InChI=1S/C12H18BrNOS/c1-12(2,3)11(14)8-16(15)10-7-5-4-6-9(10)13/h4-7,11H,8,14H2,1-3H3. The third-order valence-electron chi connectivity index (χ3n) is 2.53. The van der Waals surface area contributed by atoms with E-state index in [4.69, 9.17) is 5.73 Å². The lowest BCUT2D eigenvalue weighted by Crippen LogP contribution is -2.39. The fraction of sp³-hybridized carbons (Fsp3) is 0.500.